The molecule has 3 aromatic rings. The molecule has 0 saturated heterocycles. The molecule has 1 saturated carbocycles. The number of carbonyl (C=O) groups excluding carboxylic acids is 2. The second kappa shape index (κ2) is 10.5. The van der Waals surface area contributed by atoms with Crippen LogP contribution in [0.25, 0.3) is 0 Å². The topological polar surface area (TPSA) is 110 Å². The van der Waals surface area contributed by atoms with E-state index in [0.29, 0.717) is 36.0 Å². The number of rotatable bonds is 7. The Morgan fingerprint density at radius 3 is 2.56 bits per heavy atom. The lowest BCUT2D eigenvalue weighted by molar-refractivity contribution is 0.0606. The van der Waals surface area contributed by atoms with Crippen molar-refractivity contribution in [2.75, 3.05) is 12.4 Å². The van der Waals surface area contributed by atoms with Crippen molar-refractivity contribution in [3.05, 3.63) is 59.5 Å². The number of hydrogen-bond acceptors (Lipinski definition) is 7. The number of nitrogens with zero attached hydrogens (tertiary/aromatic N) is 4. The van der Waals surface area contributed by atoms with E-state index < -0.39 is 6.16 Å². The van der Waals surface area contributed by atoms with Crippen LogP contribution in [0.5, 0.6) is 5.75 Å². The van der Waals surface area contributed by atoms with E-state index in [1.165, 1.54) is 4.68 Å². The van der Waals surface area contributed by atoms with Crippen molar-refractivity contribution >= 4 is 17.9 Å². The van der Waals surface area contributed by atoms with Gasteiger partial charge in [0, 0.05) is 26.1 Å². The third-order valence-electron chi connectivity index (χ3n) is 6.07. The van der Waals surface area contributed by atoms with Gasteiger partial charge in [0.2, 0.25) is 0 Å². The van der Waals surface area contributed by atoms with E-state index in [2.05, 4.69) is 10.4 Å². The summed E-state index contributed by atoms with van der Waals surface area (Å²) in [5.41, 5.74) is 1.60. The summed E-state index contributed by atoms with van der Waals surface area (Å²) in [6.07, 6.45) is 1.22. The first-order valence-electron chi connectivity index (χ1n) is 12.0. The Morgan fingerprint density at radius 2 is 1.86 bits per heavy atom. The summed E-state index contributed by atoms with van der Waals surface area (Å²) in [4.78, 5) is 25.3. The lowest BCUT2D eigenvalue weighted by Crippen LogP contribution is -2.27. The van der Waals surface area contributed by atoms with E-state index in [4.69, 9.17) is 19.3 Å². The first-order chi connectivity index (χ1) is 17.1. The largest absolute Gasteiger partial charge is 0.514 e. The second-order valence-electron chi connectivity index (χ2n) is 9.98. The molecule has 2 aromatic heterocycles. The number of para-hydroxylation sites is 1. The third kappa shape index (κ3) is 5.93. The fraction of sp³-hybridized carbons (Fsp3) is 0.462. The van der Waals surface area contributed by atoms with Crippen molar-refractivity contribution in [1.29, 1.82) is 0 Å². The average molecular weight is 496 g/mol. The molecule has 10 nitrogen and oxygen atoms in total. The fourth-order valence-electron chi connectivity index (χ4n) is 4.40. The highest BCUT2D eigenvalue weighted by molar-refractivity contribution is 6.02. The zero-order valence-electron chi connectivity index (χ0n) is 21.4. The number of aromatic nitrogens is 4. The molecule has 0 aliphatic heterocycles. The molecule has 192 valence electrons. The van der Waals surface area contributed by atoms with Crippen molar-refractivity contribution in [2.45, 2.75) is 64.2 Å². The van der Waals surface area contributed by atoms with Crippen LogP contribution in [-0.4, -0.2) is 44.8 Å². The smallest absolute Gasteiger partial charge is 0.431 e. The summed E-state index contributed by atoms with van der Waals surface area (Å²) in [7, 11) is 3.31. The Bertz CT molecular complexity index is 1210. The number of anilines is 1. The van der Waals surface area contributed by atoms with Gasteiger partial charge in [-0.05, 0) is 58.2 Å². The first kappa shape index (κ1) is 25.4. The number of aryl methyl sites for hydroxylation is 1. The molecule has 4 rings (SSSR count). The Labute approximate surface area is 210 Å². The van der Waals surface area contributed by atoms with Gasteiger partial charge in [0.15, 0.2) is 0 Å². The molecule has 0 spiro atoms. The molecule has 2 atom stereocenters. The van der Waals surface area contributed by atoms with Crippen molar-refractivity contribution < 1.29 is 23.8 Å². The number of amides is 1. The number of hydrogen-bond donors (Lipinski definition) is 1. The summed E-state index contributed by atoms with van der Waals surface area (Å²) in [6, 6.07) is 12.5. The standard InChI is InChI=1S/C26H33N5O5/c1-26(2,3)31-23(27-24(32)22-14-18(16-34-5)28-30(22)4)15-21(29-31)17-11-12-20(13-17)36-25(33)35-19-9-7-6-8-10-19/h6-10,14-15,17,20H,11-13,16H2,1-5H3,(H,27,32). The maximum atomic E-state index is 13.1. The summed E-state index contributed by atoms with van der Waals surface area (Å²) in [5.74, 6) is 0.873. The maximum Gasteiger partial charge on any atom is 0.514 e. The number of ether oxygens (including phenoxy) is 3. The van der Waals surface area contributed by atoms with E-state index in [9.17, 15) is 9.59 Å². The highest BCUT2D eigenvalue weighted by atomic mass is 16.7. The molecule has 2 heterocycles. The molecule has 1 N–H and O–H groups in total. The first-order valence-corrected chi connectivity index (χ1v) is 12.0. The molecule has 1 aliphatic rings. The van der Waals surface area contributed by atoms with Gasteiger partial charge in [-0.2, -0.15) is 10.2 Å². The predicted octanol–water partition coefficient (Wildman–Crippen LogP) is 4.62. The van der Waals surface area contributed by atoms with Crippen molar-refractivity contribution in [1.82, 2.24) is 19.6 Å². The predicted molar refractivity (Wildman–Crippen MR) is 133 cm³/mol. The molecule has 0 radical (unpaired) electrons. The van der Waals surface area contributed by atoms with Crippen LogP contribution in [0, 0.1) is 0 Å². The Kier molecular flexibility index (Phi) is 7.44. The number of methoxy groups -OCH3 is 1. The molecule has 10 heteroatoms. The zero-order valence-corrected chi connectivity index (χ0v) is 21.4. The maximum absolute atomic E-state index is 13.1. The van der Waals surface area contributed by atoms with Crippen molar-refractivity contribution in [3.8, 4) is 5.75 Å². The normalized spacial score (nSPS) is 17.7. The van der Waals surface area contributed by atoms with Gasteiger partial charge >= 0.3 is 6.16 Å². The molecule has 1 fully saturated rings. The van der Waals surface area contributed by atoms with Gasteiger partial charge in [-0.1, -0.05) is 18.2 Å². The summed E-state index contributed by atoms with van der Waals surface area (Å²) in [6.45, 7) is 6.41. The Balaban J connectivity index is 1.44. The van der Waals surface area contributed by atoms with E-state index in [-0.39, 0.29) is 23.5 Å². The van der Waals surface area contributed by atoms with E-state index in [1.54, 1.807) is 44.5 Å². The highest BCUT2D eigenvalue weighted by Crippen LogP contribution is 2.37. The SMILES string of the molecule is COCc1cc(C(=O)Nc2cc(C3CCC(OC(=O)Oc4ccccc4)C3)nn2C(C)(C)C)n(C)n1. The Morgan fingerprint density at radius 1 is 1.11 bits per heavy atom. The van der Waals surface area contributed by atoms with Crippen molar-refractivity contribution in [3.63, 3.8) is 0 Å². The number of carbonyl (C=O) groups is 2. The quantitative estimate of drug-likeness (QED) is 0.376. The van der Waals surface area contributed by atoms with Crippen molar-refractivity contribution in [2.24, 2.45) is 7.05 Å². The molecule has 1 aromatic carbocycles. The fourth-order valence-corrected chi connectivity index (χ4v) is 4.40. The van der Waals surface area contributed by atoms with E-state index in [1.807, 2.05) is 37.6 Å². The Hall–Kier alpha value is -3.66. The molecule has 0 bridgehead atoms. The monoisotopic (exact) mass is 495 g/mol. The summed E-state index contributed by atoms with van der Waals surface area (Å²) < 4.78 is 19.3. The van der Waals surface area contributed by atoms with Gasteiger partial charge < -0.3 is 19.5 Å². The van der Waals surface area contributed by atoms with Crippen LogP contribution < -0.4 is 10.1 Å². The number of nitrogens with one attached hydrogen (secondary N) is 1. The van der Waals surface area contributed by atoms with Gasteiger partial charge in [0.1, 0.15) is 23.4 Å². The second-order valence-corrected chi connectivity index (χ2v) is 9.98. The average Bonchev–Trinajstić information content (AvgIpc) is 3.53. The molecule has 36 heavy (non-hydrogen) atoms. The van der Waals surface area contributed by atoms with Gasteiger partial charge in [-0.25, -0.2) is 9.48 Å². The lowest BCUT2D eigenvalue weighted by atomic mass is 10.0. The van der Waals surface area contributed by atoms with Crippen LogP contribution in [-0.2, 0) is 28.7 Å². The van der Waals surface area contributed by atoms with Crippen LogP contribution >= 0.6 is 0 Å². The van der Waals surface area contributed by atoms with Crippen LogP contribution in [0.3, 0.4) is 0 Å². The van der Waals surface area contributed by atoms with Crippen LogP contribution in [0.2, 0.25) is 0 Å². The number of benzene rings is 1. The molecule has 2 unspecified atom stereocenters. The van der Waals surface area contributed by atoms with E-state index in [0.717, 1.165) is 18.5 Å². The van der Waals surface area contributed by atoms with Crippen LogP contribution in [0.1, 0.15) is 67.8 Å². The van der Waals surface area contributed by atoms with Gasteiger partial charge in [-0.3, -0.25) is 9.48 Å². The van der Waals surface area contributed by atoms with Gasteiger partial charge in [0.25, 0.3) is 5.91 Å². The van der Waals surface area contributed by atoms with E-state index >= 15 is 0 Å². The van der Waals surface area contributed by atoms with Gasteiger partial charge in [0.05, 0.1) is 23.5 Å². The van der Waals surface area contributed by atoms with Crippen LogP contribution in [0.15, 0.2) is 42.5 Å². The highest BCUT2D eigenvalue weighted by Gasteiger charge is 2.33. The summed E-state index contributed by atoms with van der Waals surface area (Å²) >= 11 is 0. The van der Waals surface area contributed by atoms with Gasteiger partial charge in [-0.15, -0.1) is 0 Å². The minimum atomic E-state index is -0.705. The molecular formula is C26H33N5O5. The molecule has 1 aliphatic carbocycles. The molecule has 1 amide bonds. The molecular weight excluding hydrogens is 462 g/mol. The zero-order chi connectivity index (χ0) is 25.9. The minimum absolute atomic E-state index is 0.101. The lowest BCUT2D eigenvalue weighted by Gasteiger charge is -2.22. The van der Waals surface area contributed by atoms with Crippen LogP contribution in [0.4, 0.5) is 10.6 Å². The third-order valence-corrected chi connectivity index (χ3v) is 6.07. The summed E-state index contributed by atoms with van der Waals surface area (Å²) in [5, 5.41) is 12.2. The minimum Gasteiger partial charge on any atom is -0.431 e.